The number of rotatable bonds is 4. The molecule has 0 aliphatic carbocycles. The summed E-state index contributed by atoms with van der Waals surface area (Å²) in [6.07, 6.45) is 0.0398. The van der Waals surface area contributed by atoms with E-state index in [0.717, 1.165) is 10.2 Å². The van der Waals surface area contributed by atoms with E-state index in [1.165, 1.54) is 4.31 Å². The molecule has 1 aliphatic heterocycles. The van der Waals surface area contributed by atoms with Gasteiger partial charge in [0, 0.05) is 42.8 Å². The maximum atomic E-state index is 11.9. The number of carbonyl (C=O) groups excluding carboxylic acids is 1. The monoisotopic (exact) mass is 376 g/mol. The van der Waals surface area contributed by atoms with Gasteiger partial charge in [0.25, 0.3) is 0 Å². The zero-order valence-corrected chi connectivity index (χ0v) is 14.1. The van der Waals surface area contributed by atoms with Crippen molar-refractivity contribution in [1.82, 2.24) is 4.31 Å². The van der Waals surface area contributed by atoms with Crippen LogP contribution in [0.25, 0.3) is 0 Å². The predicted octanol–water partition coefficient (Wildman–Crippen LogP) is 1.77. The van der Waals surface area contributed by atoms with Gasteiger partial charge < -0.3 is 9.08 Å². The lowest BCUT2D eigenvalue weighted by molar-refractivity contribution is -0.133. The predicted molar refractivity (Wildman–Crippen MR) is 83.2 cm³/mol. The molecule has 0 spiro atoms. The Balaban J connectivity index is 1.97. The first-order chi connectivity index (χ1) is 9.92. The minimum absolute atomic E-state index is 0.0398. The van der Waals surface area contributed by atoms with Gasteiger partial charge in [-0.15, -0.1) is 0 Å². The van der Waals surface area contributed by atoms with E-state index in [-0.39, 0.29) is 6.42 Å². The van der Waals surface area contributed by atoms with E-state index in [0.29, 0.717) is 26.2 Å². The van der Waals surface area contributed by atoms with Gasteiger partial charge in [0.1, 0.15) is 0 Å². The highest BCUT2D eigenvalue weighted by Crippen LogP contribution is 2.20. The van der Waals surface area contributed by atoms with Gasteiger partial charge in [-0.1, -0.05) is 22.9 Å². The normalized spacial score (nSPS) is 16.8. The van der Waals surface area contributed by atoms with Crippen LogP contribution in [0.3, 0.4) is 0 Å². The summed E-state index contributed by atoms with van der Waals surface area (Å²) in [4.78, 5) is 13.2. The zero-order chi connectivity index (χ0) is 15.5. The van der Waals surface area contributed by atoms with Crippen molar-refractivity contribution in [2.24, 2.45) is 0 Å². The number of hydrogen-bond acceptors (Lipinski definition) is 5. The highest BCUT2D eigenvalue weighted by molar-refractivity contribution is 9.10. The molecule has 1 fully saturated rings. The van der Waals surface area contributed by atoms with Crippen LogP contribution >= 0.6 is 15.9 Å². The van der Waals surface area contributed by atoms with E-state index in [9.17, 15) is 13.2 Å². The van der Waals surface area contributed by atoms with Crippen molar-refractivity contribution in [1.29, 1.82) is 0 Å². The first-order valence-electron chi connectivity index (χ1n) is 6.65. The molecule has 8 heteroatoms. The van der Waals surface area contributed by atoms with Crippen molar-refractivity contribution in [3.8, 4) is 0 Å². The van der Waals surface area contributed by atoms with Crippen molar-refractivity contribution >= 4 is 37.9 Å². The van der Waals surface area contributed by atoms with Gasteiger partial charge in [-0.05, 0) is 24.3 Å². The second kappa shape index (κ2) is 6.76. The van der Waals surface area contributed by atoms with Gasteiger partial charge in [0.15, 0.2) is 0 Å². The van der Waals surface area contributed by atoms with Crippen LogP contribution in [0.4, 0.5) is 5.69 Å². The number of piperazine rings is 1. The molecule has 1 saturated heterocycles. The van der Waals surface area contributed by atoms with Crippen LogP contribution in [-0.2, 0) is 19.3 Å². The Hall–Kier alpha value is -1.12. The number of halogens is 1. The quantitative estimate of drug-likeness (QED) is 0.800. The summed E-state index contributed by atoms with van der Waals surface area (Å²) in [7, 11) is -3.96. The molecule has 0 aromatic heterocycles. The first-order valence-corrected chi connectivity index (χ1v) is 8.81. The number of carbonyl (C=O) groups is 1. The second-order valence-corrected chi connectivity index (χ2v) is 7.08. The van der Waals surface area contributed by atoms with Gasteiger partial charge in [0.05, 0.1) is 0 Å². The smallest absolute Gasteiger partial charge is 0.369 e. The van der Waals surface area contributed by atoms with Gasteiger partial charge in [-0.2, -0.15) is 12.7 Å². The Morgan fingerprint density at radius 3 is 2.29 bits per heavy atom. The summed E-state index contributed by atoms with van der Waals surface area (Å²) < 4.78 is 30.5. The molecule has 0 atom stereocenters. The van der Waals surface area contributed by atoms with E-state index in [2.05, 4.69) is 25.0 Å². The molecule has 21 heavy (non-hydrogen) atoms. The fraction of sp³-hybridized carbons (Fsp3) is 0.462. The van der Waals surface area contributed by atoms with Crippen molar-refractivity contribution in [3.63, 3.8) is 0 Å². The van der Waals surface area contributed by atoms with E-state index in [1.54, 1.807) is 6.92 Å². The molecule has 0 amide bonds. The minimum atomic E-state index is -3.96. The molecular weight excluding hydrogens is 360 g/mol. The SMILES string of the molecule is CCC(=O)OS(=O)(=O)N1CCN(c2ccc(Br)cc2)CC1. The molecule has 2 rings (SSSR count). The second-order valence-electron chi connectivity index (χ2n) is 4.63. The number of hydrogen-bond donors (Lipinski definition) is 0. The lowest BCUT2D eigenvalue weighted by Crippen LogP contribution is -2.49. The highest BCUT2D eigenvalue weighted by Gasteiger charge is 2.29. The van der Waals surface area contributed by atoms with E-state index >= 15 is 0 Å². The summed E-state index contributed by atoms with van der Waals surface area (Å²) in [5, 5.41) is 0. The molecule has 0 N–H and O–H groups in total. The maximum Gasteiger partial charge on any atom is 0.387 e. The van der Waals surface area contributed by atoms with Crippen LogP contribution in [0.5, 0.6) is 0 Å². The molecule has 1 aromatic rings. The third-order valence-electron chi connectivity index (χ3n) is 3.23. The first kappa shape index (κ1) is 16.3. The third-order valence-corrected chi connectivity index (χ3v) is 5.16. The summed E-state index contributed by atoms with van der Waals surface area (Å²) in [6, 6.07) is 7.85. The summed E-state index contributed by atoms with van der Waals surface area (Å²) in [5.41, 5.74) is 1.04. The molecule has 0 bridgehead atoms. The fourth-order valence-electron chi connectivity index (χ4n) is 2.05. The number of nitrogens with zero attached hydrogens (tertiary/aromatic N) is 2. The van der Waals surface area contributed by atoms with Crippen LogP contribution in [-0.4, -0.2) is 44.9 Å². The standard InChI is InChI=1S/C13H17BrN2O4S/c1-2-13(17)20-21(18,19)16-9-7-15(8-10-16)12-5-3-11(14)4-6-12/h3-6H,2,7-10H2,1H3. The molecule has 1 aromatic carbocycles. The molecule has 116 valence electrons. The summed E-state index contributed by atoms with van der Waals surface area (Å²) in [6.45, 7) is 3.28. The van der Waals surface area contributed by atoms with Gasteiger partial charge >= 0.3 is 16.3 Å². The van der Waals surface area contributed by atoms with Gasteiger partial charge in [-0.25, -0.2) is 0 Å². The lowest BCUT2D eigenvalue weighted by atomic mass is 10.2. The molecule has 1 heterocycles. The summed E-state index contributed by atoms with van der Waals surface area (Å²) >= 11 is 3.38. The topological polar surface area (TPSA) is 66.9 Å². The maximum absolute atomic E-state index is 11.9. The molecule has 0 radical (unpaired) electrons. The molecular formula is C13H17BrN2O4S. The molecule has 6 nitrogen and oxygen atoms in total. The number of benzene rings is 1. The molecule has 0 unspecified atom stereocenters. The van der Waals surface area contributed by atoms with E-state index < -0.39 is 16.3 Å². The molecule has 0 saturated carbocycles. The molecule has 1 aliphatic rings. The van der Waals surface area contributed by atoms with Crippen LogP contribution in [0, 0.1) is 0 Å². The Labute approximate surface area is 133 Å². The van der Waals surface area contributed by atoms with Crippen molar-refractivity contribution < 1.29 is 17.4 Å². The van der Waals surface area contributed by atoms with E-state index in [1.807, 2.05) is 24.3 Å². The van der Waals surface area contributed by atoms with Gasteiger partial charge in [-0.3, -0.25) is 4.79 Å². The number of anilines is 1. The average Bonchev–Trinajstić information content (AvgIpc) is 2.47. The Kier molecular flexibility index (Phi) is 5.23. The van der Waals surface area contributed by atoms with E-state index in [4.69, 9.17) is 0 Å². The van der Waals surface area contributed by atoms with Gasteiger partial charge in [0.2, 0.25) is 0 Å². The zero-order valence-electron chi connectivity index (χ0n) is 11.7. The van der Waals surface area contributed by atoms with Crippen molar-refractivity contribution in [2.75, 3.05) is 31.1 Å². The summed E-state index contributed by atoms with van der Waals surface area (Å²) in [5.74, 6) is -0.731. The fourth-order valence-corrected chi connectivity index (χ4v) is 3.38. The Morgan fingerprint density at radius 2 is 1.76 bits per heavy atom. The van der Waals surface area contributed by atoms with Crippen molar-refractivity contribution in [2.45, 2.75) is 13.3 Å². The van der Waals surface area contributed by atoms with Crippen molar-refractivity contribution in [3.05, 3.63) is 28.7 Å². The average molecular weight is 377 g/mol. The van der Waals surface area contributed by atoms with Crippen LogP contribution in [0.15, 0.2) is 28.7 Å². The van der Waals surface area contributed by atoms with Crippen LogP contribution < -0.4 is 4.90 Å². The lowest BCUT2D eigenvalue weighted by Gasteiger charge is -2.34. The Bertz CT molecular complexity index is 595. The third kappa shape index (κ3) is 4.18. The van der Waals surface area contributed by atoms with Crippen LogP contribution in [0.2, 0.25) is 0 Å². The largest absolute Gasteiger partial charge is 0.387 e. The Morgan fingerprint density at radius 1 is 1.19 bits per heavy atom. The highest BCUT2D eigenvalue weighted by atomic mass is 79.9. The van der Waals surface area contributed by atoms with Crippen LogP contribution in [0.1, 0.15) is 13.3 Å². The minimum Gasteiger partial charge on any atom is -0.369 e.